The molecule has 0 radical (unpaired) electrons. The van der Waals surface area contributed by atoms with Crippen LogP contribution in [0.1, 0.15) is 88.2 Å². The number of hydrogen-bond donors (Lipinski definition) is 4. The van der Waals surface area contributed by atoms with E-state index in [1.807, 2.05) is 21.5 Å². The average molecular weight is 751 g/mol. The number of hydrogen-bond acceptors (Lipinski definition) is 4. The molecule has 1 aromatic rings. The molecule has 11 rings (SSSR count). The van der Waals surface area contributed by atoms with Crippen molar-refractivity contribution in [2.75, 3.05) is 39.3 Å². The maximum Gasteiger partial charge on any atom is 0.0774 e. The van der Waals surface area contributed by atoms with Crippen molar-refractivity contribution in [1.82, 2.24) is 21.3 Å². The average Bonchev–Trinajstić information content (AvgIpc) is 3.05. The molecule has 10 fully saturated rings. The summed E-state index contributed by atoms with van der Waals surface area (Å²) < 4.78 is 0. The zero-order valence-corrected chi connectivity index (χ0v) is 36.8. The van der Waals surface area contributed by atoms with Gasteiger partial charge in [0.1, 0.15) is 0 Å². The predicted octanol–water partition coefficient (Wildman–Crippen LogP) is 7.30. The molecule has 8 heteroatoms. The fourth-order valence-electron chi connectivity index (χ4n) is 15.1. The Labute approximate surface area is 311 Å². The van der Waals surface area contributed by atoms with Crippen molar-refractivity contribution in [3.63, 3.8) is 0 Å². The van der Waals surface area contributed by atoms with Crippen molar-refractivity contribution in [3.8, 4) is 0 Å². The smallest absolute Gasteiger partial charge is 0.0774 e. The van der Waals surface area contributed by atoms with Crippen LogP contribution in [0.15, 0.2) is 12.1 Å². The molecule has 8 saturated carbocycles. The Hall–Kier alpha value is 0.354. The highest BCUT2D eigenvalue weighted by atomic mass is 31.1. The van der Waals surface area contributed by atoms with Crippen molar-refractivity contribution in [2.45, 2.75) is 139 Å². The summed E-state index contributed by atoms with van der Waals surface area (Å²) in [7, 11) is 0.483. The highest BCUT2D eigenvalue weighted by molar-refractivity contribution is 7.58. The largest absolute Gasteiger partial charge is 0.314 e. The summed E-state index contributed by atoms with van der Waals surface area (Å²) >= 11 is 0. The van der Waals surface area contributed by atoms with E-state index in [2.05, 4.69) is 81.9 Å². The molecule has 0 spiro atoms. The molecule has 2 aliphatic heterocycles. The van der Waals surface area contributed by atoms with Crippen LogP contribution in [-0.4, -0.2) is 67.0 Å². The van der Waals surface area contributed by atoms with Crippen LogP contribution in [-0.2, 0) is 11.3 Å². The van der Waals surface area contributed by atoms with Crippen LogP contribution in [0.2, 0.25) is 39.3 Å². The Morgan fingerprint density at radius 1 is 0.620 bits per heavy atom. The Morgan fingerprint density at radius 2 is 1.00 bits per heavy atom. The third-order valence-electron chi connectivity index (χ3n) is 16.2. The molecule has 8 bridgehead atoms. The van der Waals surface area contributed by atoms with Crippen molar-refractivity contribution < 1.29 is 0 Å². The van der Waals surface area contributed by atoms with Gasteiger partial charge in [-0.25, -0.2) is 0 Å². The van der Waals surface area contributed by atoms with Crippen molar-refractivity contribution in [2.24, 2.45) is 46.3 Å². The van der Waals surface area contributed by atoms with E-state index in [1.165, 1.54) is 44.7 Å². The molecule has 0 amide bonds. The third kappa shape index (κ3) is 6.01. The second kappa shape index (κ2) is 13.0. The van der Waals surface area contributed by atoms with Gasteiger partial charge in [0.05, 0.1) is 16.1 Å². The molecular formula is C42H72N4P2Si2. The normalized spacial score (nSPS) is 42.9. The number of benzene rings is 1. The summed E-state index contributed by atoms with van der Waals surface area (Å²) in [5.41, 5.74) is 4.63. The second-order valence-corrected chi connectivity index (χ2v) is 35.3. The van der Waals surface area contributed by atoms with Crippen LogP contribution in [0.3, 0.4) is 0 Å². The van der Waals surface area contributed by atoms with Gasteiger partial charge in [-0.05, 0) is 141 Å². The third-order valence-corrected chi connectivity index (χ3v) is 25.1. The van der Waals surface area contributed by atoms with Crippen molar-refractivity contribution >= 4 is 43.7 Å². The fraction of sp³-hybridized carbons (Fsp3) is 0.857. The Balaban J connectivity index is 1.27. The first-order valence-corrected chi connectivity index (χ1v) is 30.6. The van der Waals surface area contributed by atoms with Crippen LogP contribution in [0.5, 0.6) is 0 Å². The summed E-state index contributed by atoms with van der Waals surface area (Å²) in [6, 6.07) is 5.99. The highest BCUT2D eigenvalue weighted by Gasteiger charge is 2.69. The standard InChI is InChI=1S/C42H72N4P2Si2/c1-49(2,3)36-17-34(27-48(38-25-43-7-9-45-38)39-26-44-8-10-46-39)35(18-37(36)50(4,5)6)42(47,40-19-28-11-29(20-40)13-30(12-28)21-40)41-22-31-14-32(23-41)16-33(15-31)24-41/h17-18,28-33,38-39,43-46H,7-16,19-27,47H2,1-6H3. The topological polar surface area (TPSA) is 48.1 Å². The summed E-state index contributed by atoms with van der Waals surface area (Å²) in [4.78, 5) is 0. The Morgan fingerprint density at radius 3 is 1.34 bits per heavy atom. The van der Waals surface area contributed by atoms with Gasteiger partial charge in [-0.3, -0.25) is 0 Å². The van der Waals surface area contributed by atoms with Gasteiger partial charge in [0.15, 0.2) is 0 Å². The van der Waals surface area contributed by atoms with Gasteiger partial charge in [0.2, 0.25) is 0 Å². The van der Waals surface area contributed by atoms with E-state index in [0.717, 1.165) is 74.8 Å². The number of piperazine rings is 2. The molecule has 4 nitrogen and oxygen atoms in total. The molecular weight excluding hydrogens is 679 g/mol. The lowest BCUT2D eigenvalue weighted by Gasteiger charge is -2.72. The molecule has 2 heterocycles. The first kappa shape index (κ1) is 36.0. The zero-order valence-electron chi connectivity index (χ0n) is 32.7. The van der Waals surface area contributed by atoms with E-state index in [-0.39, 0.29) is 13.1 Å². The summed E-state index contributed by atoms with van der Waals surface area (Å²) in [5.74, 6) is 7.09. The molecule has 278 valence electrons. The van der Waals surface area contributed by atoms with E-state index in [4.69, 9.17) is 0 Å². The predicted molar refractivity (Wildman–Crippen MR) is 225 cm³/mol. The molecule has 4 N–H and O–H groups in total. The van der Waals surface area contributed by atoms with Gasteiger partial charge in [-0.2, -0.15) is 0 Å². The van der Waals surface area contributed by atoms with E-state index < -0.39 is 16.1 Å². The fourth-order valence-corrected chi connectivity index (χ4v) is 24.2. The van der Waals surface area contributed by atoms with Crippen LogP contribution in [0.4, 0.5) is 0 Å². The SMILES string of the molecule is C[Si](C)(C)c1cc(CP(C2CNCCN2)C2CNCCN2)c(C(P)(C23CC4CC(CC(C4)C2)C3)C23CC4CC(CC(C4)C2)C3)cc1[Si](C)(C)C. The maximum atomic E-state index is 4.10. The first-order chi connectivity index (χ1) is 23.8. The Kier molecular flexibility index (Phi) is 9.34. The minimum Gasteiger partial charge on any atom is -0.314 e. The molecule has 10 aliphatic rings. The van der Waals surface area contributed by atoms with Crippen LogP contribution in [0.25, 0.3) is 0 Å². The van der Waals surface area contributed by atoms with Crippen molar-refractivity contribution in [3.05, 3.63) is 23.3 Å². The lowest BCUT2D eigenvalue weighted by atomic mass is 9.37. The molecule has 8 aliphatic carbocycles. The molecule has 1 aromatic carbocycles. The number of rotatable bonds is 9. The van der Waals surface area contributed by atoms with E-state index in [1.54, 1.807) is 38.5 Å². The monoisotopic (exact) mass is 750 g/mol. The van der Waals surface area contributed by atoms with Gasteiger partial charge < -0.3 is 21.3 Å². The quantitative estimate of drug-likeness (QED) is 0.158. The van der Waals surface area contributed by atoms with Crippen molar-refractivity contribution in [1.29, 1.82) is 0 Å². The lowest BCUT2D eigenvalue weighted by Crippen LogP contribution is -2.65. The summed E-state index contributed by atoms with van der Waals surface area (Å²) in [6.07, 6.45) is 19.7. The Bertz CT molecular complexity index is 1310. The molecule has 50 heavy (non-hydrogen) atoms. The van der Waals surface area contributed by atoms with Crippen LogP contribution >= 0.6 is 17.2 Å². The molecule has 0 aromatic heterocycles. The zero-order chi connectivity index (χ0) is 34.7. The van der Waals surface area contributed by atoms with Gasteiger partial charge in [0.25, 0.3) is 0 Å². The van der Waals surface area contributed by atoms with Gasteiger partial charge >= 0.3 is 0 Å². The minimum atomic E-state index is -1.62. The van der Waals surface area contributed by atoms with E-state index >= 15 is 0 Å². The number of nitrogens with one attached hydrogen (secondary N) is 4. The van der Waals surface area contributed by atoms with Crippen LogP contribution in [0, 0.1) is 46.3 Å². The molecule has 3 atom stereocenters. The van der Waals surface area contributed by atoms with Gasteiger partial charge in [-0.15, -0.1) is 9.24 Å². The first-order valence-electron chi connectivity index (χ1n) is 21.4. The van der Waals surface area contributed by atoms with Crippen LogP contribution < -0.4 is 31.6 Å². The second-order valence-electron chi connectivity index (χ2n) is 21.8. The molecule has 3 unspecified atom stereocenters. The van der Waals surface area contributed by atoms with E-state index in [9.17, 15) is 0 Å². The lowest BCUT2D eigenvalue weighted by molar-refractivity contribution is -0.158. The van der Waals surface area contributed by atoms with Gasteiger partial charge in [-0.1, -0.05) is 69.7 Å². The minimum absolute atomic E-state index is 0.200. The molecule has 2 saturated heterocycles. The highest BCUT2D eigenvalue weighted by Crippen LogP contribution is 2.78. The summed E-state index contributed by atoms with van der Waals surface area (Å²) in [6.45, 7) is 22.7. The summed E-state index contributed by atoms with van der Waals surface area (Å²) in [5, 5.41) is 19.7. The van der Waals surface area contributed by atoms with Gasteiger partial charge in [0, 0.05) is 56.0 Å². The van der Waals surface area contributed by atoms with E-state index in [0.29, 0.717) is 22.4 Å². The maximum absolute atomic E-state index is 4.10.